The lowest BCUT2D eigenvalue weighted by molar-refractivity contribution is -0.116. The molecule has 0 aliphatic heterocycles. The highest BCUT2D eigenvalue weighted by Gasteiger charge is 2.19. The average Bonchev–Trinajstić information content (AvgIpc) is 2.98. The summed E-state index contributed by atoms with van der Waals surface area (Å²) in [6.07, 6.45) is 0.448. The van der Waals surface area contributed by atoms with Gasteiger partial charge in [0.15, 0.2) is 0 Å². The van der Waals surface area contributed by atoms with E-state index in [1.54, 1.807) is 6.92 Å². The molecular formula is C20H21F2N5O2. The molecule has 1 N–H and O–H groups in total. The first kappa shape index (κ1) is 20.4. The molecule has 0 radical (unpaired) electrons. The van der Waals surface area contributed by atoms with Crippen LogP contribution in [0.1, 0.15) is 29.6 Å². The van der Waals surface area contributed by atoms with E-state index in [-0.39, 0.29) is 17.2 Å². The van der Waals surface area contributed by atoms with Gasteiger partial charge in [0.1, 0.15) is 18.2 Å². The third kappa shape index (κ3) is 4.08. The molecule has 3 rings (SSSR count). The summed E-state index contributed by atoms with van der Waals surface area (Å²) in [6.45, 7) is 6.78. The SMILES string of the molecule is CCc1c(C)nc(-n2nc(C)cc2C)n(CC(=O)Nc2ccc(F)cc2F)c1=O. The zero-order valence-electron chi connectivity index (χ0n) is 16.6. The molecule has 0 atom stereocenters. The molecule has 1 aromatic carbocycles. The quantitative estimate of drug-likeness (QED) is 0.713. The molecule has 0 unspecified atom stereocenters. The van der Waals surface area contributed by atoms with Crippen LogP contribution in [0.4, 0.5) is 14.5 Å². The van der Waals surface area contributed by atoms with Gasteiger partial charge in [-0.15, -0.1) is 0 Å². The number of carbonyl (C=O) groups is 1. The number of halogens is 2. The molecule has 1 amide bonds. The van der Waals surface area contributed by atoms with Crippen molar-refractivity contribution in [1.82, 2.24) is 19.3 Å². The maximum Gasteiger partial charge on any atom is 0.258 e. The topological polar surface area (TPSA) is 81.8 Å². The molecule has 7 nitrogen and oxygen atoms in total. The van der Waals surface area contributed by atoms with Crippen molar-refractivity contribution in [2.24, 2.45) is 0 Å². The van der Waals surface area contributed by atoms with Crippen molar-refractivity contribution in [3.05, 3.63) is 68.9 Å². The van der Waals surface area contributed by atoms with E-state index in [1.165, 1.54) is 9.25 Å². The fourth-order valence-corrected chi connectivity index (χ4v) is 3.15. The summed E-state index contributed by atoms with van der Waals surface area (Å²) in [5.41, 5.74) is 1.98. The Balaban J connectivity index is 2.04. The molecule has 0 bridgehead atoms. The zero-order chi connectivity index (χ0) is 21.3. The summed E-state index contributed by atoms with van der Waals surface area (Å²) in [6, 6.07) is 4.66. The number of hydrogen-bond donors (Lipinski definition) is 1. The number of nitrogens with one attached hydrogen (secondary N) is 1. The number of benzene rings is 1. The molecule has 2 aromatic heterocycles. The van der Waals surface area contributed by atoms with Gasteiger partial charge in [0.05, 0.1) is 17.1 Å². The Hall–Kier alpha value is -3.36. The Morgan fingerprint density at radius 3 is 2.48 bits per heavy atom. The lowest BCUT2D eigenvalue weighted by Gasteiger charge is -2.16. The van der Waals surface area contributed by atoms with Gasteiger partial charge >= 0.3 is 0 Å². The molecule has 9 heteroatoms. The molecule has 0 saturated heterocycles. The van der Waals surface area contributed by atoms with Crippen molar-refractivity contribution in [3.8, 4) is 5.95 Å². The van der Waals surface area contributed by atoms with Crippen LogP contribution in [0.15, 0.2) is 29.1 Å². The van der Waals surface area contributed by atoms with E-state index in [1.807, 2.05) is 26.8 Å². The molecule has 0 fully saturated rings. The third-order valence-electron chi connectivity index (χ3n) is 4.51. The standard InChI is InChI=1S/C20H21F2N5O2/c1-5-15-13(4)23-20(27-12(3)8-11(2)25-27)26(19(15)29)10-18(28)24-17-7-6-14(21)9-16(17)22/h6-9H,5,10H2,1-4H3,(H,24,28). The van der Waals surface area contributed by atoms with Gasteiger partial charge in [-0.05, 0) is 45.4 Å². The van der Waals surface area contributed by atoms with E-state index in [0.717, 1.165) is 23.5 Å². The Morgan fingerprint density at radius 1 is 1.17 bits per heavy atom. The first-order valence-electron chi connectivity index (χ1n) is 9.10. The molecule has 0 spiro atoms. The zero-order valence-corrected chi connectivity index (χ0v) is 16.6. The van der Waals surface area contributed by atoms with Crippen molar-refractivity contribution in [3.63, 3.8) is 0 Å². The second kappa shape index (κ2) is 7.94. The first-order chi connectivity index (χ1) is 13.7. The van der Waals surface area contributed by atoms with Gasteiger partial charge in [0.25, 0.3) is 5.56 Å². The molecule has 152 valence electrons. The number of aromatic nitrogens is 4. The minimum Gasteiger partial charge on any atom is -0.322 e. The average molecular weight is 401 g/mol. The van der Waals surface area contributed by atoms with Gasteiger partial charge in [-0.3, -0.25) is 14.2 Å². The van der Waals surface area contributed by atoms with Crippen molar-refractivity contribution < 1.29 is 13.6 Å². The van der Waals surface area contributed by atoms with Crippen molar-refractivity contribution >= 4 is 11.6 Å². The van der Waals surface area contributed by atoms with Crippen LogP contribution in [-0.4, -0.2) is 25.2 Å². The second-order valence-corrected chi connectivity index (χ2v) is 6.73. The predicted octanol–water partition coefficient (Wildman–Crippen LogP) is 2.83. The molecule has 0 aliphatic carbocycles. The van der Waals surface area contributed by atoms with E-state index < -0.39 is 24.1 Å². The summed E-state index contributed by atoms with van der Waals surface area (Å²) in [7, 11) is 0. The van der Waals surface area contributed by atoms with E-state index >= 15 is 0 Å². The van der Waals surface area contributed by atoms with Crippen LogP contribution in [0, 0.1) is 32.4 Å². The van der Waals surface area contributed by atoms with Gasteiger partial charge in [0.2, 0.25) is 11.9 Å². The van der Waals surface area contributed by atoms with E-state index in [9.17, 15) is 18.4 Å². The fraction of sp³-hybridized carbons (Fsp3) is 0.300. The number of aryl methyl sites for hydroxylation is 3. The molecule has 0 saturated carbocycles. The number of carbonyl (C=O) groups excluding carboxylic acids is 1. The second-order valence-electron chi connectivity index (χ2n) is 6.73. The highest BCUT2D eigenvalue weighted by molar-refractivity contribution is 5.90. The Bertz CT molecular complexity index is 1150. The summed E-state index contributed by atoms with van der Waals surface area (Å²) < 4.78 is 29.6. The molecule has 0 aliphatic rings. The number of amides is 1. The summed E-state index contributed by atoms with van der Waals surface area (Å²) in [5, 5.41) is 6.72. The highest BCUT2D eigenvalue weighted by atomic mass is 19.1. The number of nitrogens with zero attached hydrogens (tertiary/aromatic N) is 4. The largest absolute Gasteiger partial charge is 0.322 e. The van der Waals surface area contributed by atoms with Crippen LogP contribution in [-0.2, 0) is 17.8 Å². The maximum atomic E-state index is 13.9. The molecule has 3 aromatic rings. The van der Waals surface area contributed by atoms with Gasteiger partial charge in [-0.1, -0.05) is 6.92 Å². The van der Waals surface area contributed by atoms with Crippen LogP contribution in [0.2, 0.25) is 0 Å². The van der Waals surface area contributed by atoms with Gasteiger partial charge in [-0.2, -0.15) is 5.10 Å². The summed E-state index contributed by atoms with van der Waals surface area (Å²) in [5.74, 6) is -2.10. The van der Waals surface area contributed by atoms with E-state index in [0.29, 0.717) is 23.7 Å². The van der Waals surface area contributed by atoms with Crippen molar-refractivity contribution in [2.45, 2.75) is 40.7 Å². The highest BCUT2D eigenvalue weighted by Crippen LogP contribution is 2.16. The number of hydrogen-bond acceptors (Lipinski definition) is 4. The van der Waals surface area contributed by atoms with Gasteiger partial charge in [0, 0.05) is 17.3 Å². The monoisotopic (exact) mass is 401 g/mol. The summed E-state index contributed by atoms with van der Waals surface area (Å²) in [4.78, 5) is 30.0. The minimum absolute atomic E-state index is 0.173. The van der Waals surface area contributed by atoms with Gasteiger partial charge in [-0.25, -0.2) is 18.4 Å². The lowest BCUT2D eigenvalue weighted by Crippen LogP contribution is -2.34. The molecular weight excluding hydrogens is 380 g/mol. The maximum absolute atomic E-state index is 13.9. The van der Waals surface area contributed by atoms with Crippen LogP contribution >= 0.6 is 0 Å². The Labute approximate surface area is 166 Å². The minimum atomic E-state index is -0.902. The third-order valence-corrected chi connectivity index (χ3v) is 4.51. The first-order valence-corrected chi connectivity index (χ1v) is 9.10. The van der Waals surface area contributed by atoms with Crippen LogP contribution in [0.25, 0.3) is 5.95 Å². The fourth-order valence-electron chi connectivity index (χ4n) is 3.15. The predicted molar refractivity (Wildman–Crippen MR) is 104 cm³/mol. The normalized spacial score (nSPS) is 11.0. The number of rotatable bonds is 5. The Morgan fingerprint density at radius 2 is 1.90 bits per heavy atom. The summed E-state index contributed by atoms with van der Waals surface area (Å²) >= 11 is 0. The number of anilines is 1. The van der Waals surface area contributed by atoms with Crippen molar-refractivity contribution in [2.75, 3.05) is 5.32 Å². The smallest absolute Gasteiger partial charge is 0.258 e. The lowest BCUT2D eigenvalue weighted by atomic mass is 10.2. The van der Waals surface area contributed by atoms with Crippen LogP contribution < -0.4 is 10.9 Å². The van der Waals surface area contributed by atoms with E-state index in [2.05, 4.69) is 15.4 Å². The van der Waals surface area contributed by atoms with Crippen LogP contribution in [0.5, 0.6) is 0 Å². The molecule has 29 heavy (non-hydrogen) atoms. The van der Waals surface area contributed by atoms with Crippen LogP contribution in [0.3, 0.4) is 0 Å². The molecule has 2 heterocycles. The Kier molecular flexibility index (Phi) is 5.58. The van der Waals surface area contributed by atoms with Crippen molar-refractivity contribution in [1.29, 1.82) is 0 Å². The van der Waals surface area contributed by atoms with E-state index in [4.69, 9.17) is 0 Å². The van der Waals surface area contributed by atoms with Gasteiger partial charge < -0.3 is 5.32 Å².